The highest BCUT2D eigenvalue weighted by Crippen LogP contribution is 2.25. The van der Waals surface area contributed by atoms with Gasteiger partial charge in [-0.1, -0.05) is 77.1 Å². The molecule has 1 heteroatoms. The molecule has 0 heterocycles. The van der Waals surface area contributed by atoms with Gasteiger partial charge < -0.3 is 0 Å². The Kier molecular flexibility index (Phi) is 3.58. The number of alkyl halides is 1. The van der Waals surface area contributed by atoms with Crippen LogP contribution in [-0.4, -0.2) is 0 Å². The van der Waals surface area contributed by atoms with Crippen LogP contribution < -0.4 is 0 Å². The van der Waals surface area contributed by atoms with Crippen molar-refractivity contribution in [2.45, 2.75) is 5.33 Å². The van der Waals surface area contributed by atoms with E-state index in [0.29, 0.717) is 0 Å². The summed E-state index contributed by atoms with van der Waals surface area (Å²) in [6.45, 7) is 4.18. The fourth-order valence-corrected chi connectivity index (χ4v) is 2.22. The summed E-state index contributed by atoms with van der Waals surface area (Å²) in [5, 5.41) is 0.856. The van der Waals surface area contributed by atoms with Crippen molar-refractivity contribution in [1.29, 1.82) is 0 Å². The summed E-state index contributed by atoms with van der Waals surface area (Å²) in [5.74, 6) is 0. The third-order valence-electron chi connectivity index (χ3n) is 2.61. The second-order valence-electron chi connectivity index (χ2n) is 3.64. The fourth-order valence-electron chi connectivity index (χ4n) is 1.73. The van der Waals surface area contributed by atoms with Crippen LogP contribution in [0.3, 0.4) is 0 Å². The van der Waals surface area contributed by atoms with Crippen LogP contribution in [0, 0.1) is 0 Å². The van der Waals surface area contributed by atoms with Gasteiger partial charge >= 0.3 is 0 Å². The van der Waals surface area contributed by atoms with Gasteiger partial charge in [0, 0.05) is 5.33 Å². The lowest BCUT2D eigenvalue weighted by molar-refractivity contribution is 1.39. The Morgan fingerprint density at radius 1 is 0.938 bits per heavy atom. The van der Waals surface area contributed by atoms with Crippen molar-refractivity contribution in [3.05, 3.63) is 77.9 Å². The molecule has 0 aliphatic heterocycles. The van der Waals surface area contributed by atoms with Gasteiger partial charge in [0.15, 0.2) is 0 Å². The van der Waals surface area contributed by atoms with Gasteiger partial charge in [0.2, 0.25) is 0 Å². The molecule has 0 saturated heterocycles. The SMILES string of the molecule is C=C(c1ccccc1)c1ccccc1CBr. The van der Waals surface area contributed by atoms with Gasteiger partial charge in [0.25, 0.3) is 0 Å². The summed E-state index contributed by atoms with van der Waals surface area (Å²) in [7, 11) is 0. The Morgan fingerprint density at radius 2 is 1.56 bits per heavy atom. The molecule has 0 aromatic heterocycles. The molecule has 0 spiro atoms. The lowest BCUT2D eigenvalue weighted by Gasteiger charge is -2.10. The van der Waals surface area contributed by atoms with Gasteiger partial charge in [-0.15, -0.1) is 0 Å². The molecule has 16 heavy (non-hydrogen) atoms. The highest BCUT2D eigenvalue weighted by molar-refractivity contribution is 9.08. The topological polar surface area (TPSA) is 0 Å². The molecule has 0 nitrogen and oxygen atoms in total. The van der Waals surface area contributed by atoms with Crippen molar-refractivity contribution in [2.24, 2.45) is 0 Å². The minimum absolute atomic E-state index is 0.856. The summed E-state index contributed by atoms with van der Waals surface area (Å²) >= 11 is 3.51. The Morgan fingerprint density at radius 3 is 2.25 bits per heavy atom. The van der Waals surface area contributed by atoms with E-state index in [4.69, 9.17) is 0 Å². The second-order valence-corrected chi connectivity index (χ2v) is 4.20. The van der Waals surface area contributed by atoms with E-state index in [9.17, 15) is 0 Å². The number of rotatable bonds is 3. The molecular weight excluding hydrogens is 260 g/mol. The van der Waals surface area contributed by atoms with Gasteiger partial charge in [-0.25, -0.2) is 0 Å². The second kappa shape index (κ2) is 5.13. The van der Waals surface area contributed by atoms with Gasteiger partial charge in [0.1, 0.15) is 0 Å². The van der Waals surface area contributed by atoms with Crippen LogP contribution in [0.5, 0.6) is 0 Å². The van der Waals surface area contributed by atoms with Crippen LogP contribution in [0.1, 0.15) is 16.7 Å². The molecule has 0 saturated carbocycles. The monoisotopic (exact) mass is 272 g/mol. The van der Waals surface area contributed by atoms with Crippen molar-refractivity contribution < 1.29 is 0 Å². The van der Waals surface area contributed by atoms with Gasteiger partial charge in [-0.05, 0) is 22.3 Å². The number of hydrogen-bond acceptors (Lipinski definition) is 0. The van der Waals surface area contributed by atoms with Crippen molar-refractivity contribution >= 4 is 21.5 Å². The van der Waals surface area contributed by atoms with Crippen LogP contribution in [0.2, 0.25) is 0 Å². The zero-order chi connectivity index (χ0) is 11.4. The molecule has 0 amide bonds. The first-order chi connectivity index (χ1) is 7.83. The molecule has 0 aliphatic carbocycles. The van der Waals surface area contributed by atoms with Crippen LogP contribution in [0.15, 0.2) is 61.2 Å². The Bertz CT molecular complexity index is 486. The molecule has 0 aliphatic rings. The summed E-state index contributed by atoms with van der Waals surface area (Å²) in [6, 6.07) is 18.6. The smallest absolute Gasteiger partial charge is 0.0289 e. The van der Waals surface area contributed by atoms with Crippen LogP contribution in [0.4, 0.5) is 0 Å². The van der Waals surface area contributed by atoms with Crippen molar-refractivity contribution in [3.8, 4) is 0 Å². The van der Waals surface area contributed by atoms with E-state index in [-0.39, 0.29) is 0 Å². The lowest BCUT2D eigenvalue weighted by Crippen LogP contribution is -1.91. The molecule has 0 N–H and O–H groups in total. The lowest BCUT2D eigenvalue weighted by atomic mass is 9.96. The first-order valence-electron chi connectivity index (χ1n) is 5.21. The Balaban J connectivity index is 2.42. The standard InChI is InChI=1S/C15H13Br/c1-12(13-7-3-2-4-8-13)15-10-6-5-9-14(15)11-16/h2-10H,1,11H2. The predicted octanol–water partition coefficient (Wildman–Crippen LogP) is 4.64. The minimum Gasteiger partial charge on any atom is -0.0905 e. The normalized spacial score (nSPS) is 10.1. The summed E-state index contributed by atoms with van der Waals surface area (Å²) in [4.78, 5) is 0. The van der Waals surface area contributed by atoms with Gasteiger partial charge in [-0.3, -0.25) is 0 Å². The quantitative estimate of drug-likeness (QED) is 0.714. The summed E-state index contributed by atoms with van der Waals surface area (Å²) in [6.07, 6.45) is 0. The van der Waals surface area contributed by atoms with Gasteiger partial charge in [-0.2, -0.15) is 0 Å². The molecule has 2 rings (SSSR count). The first kappa shape index (κ1) is 11.2. The van der Waals surface area contributed by atoms with Crippen LogP contribution in [0.25, 0.3) is 5.57 Å². The molecule has 0 bridgehead atoms. The first-order valence-corrected chi connectivity index (χ1v) is 6.33. The van der Waals surface area contributed by atoms with Crippen molar-refractivity contribution in [3.63, 3.8) is 0 Å². The fraction of sp³-hybridized carbons (Fsp3) is 0.0667. The highest BCUT2D eigenvalue weighted by atomic mass is 79.9. The third-order valence-corrected chi connectivity index (χ3v) is 3.21. The molecule has 0 unspecified atom stereocenters. The van der Waals surface area contributed by atoms with E-state index in [2.05, 4.69) is 58.9 Å². The van der Waals surface area contributed by atoms with E-state index >= 15 is 0 Å². The number of benzene rings is 2. The maximum atomic E-state index is 4.18. The molecular formula is C15H13Br. The molecule has 0 fully saturated rings. The minimum atomic E-state index is 0.856. The molecule has 80 valence electrons. The maximum Gasteiger partial charge on any atom is 0.0289 e. The molecule has 2 aromatic carbocycles. The number of halogens is 1. The van der Waals surface area contributed by atoms with Crippen molar-refractivity contribution in [2.75, 3.05) is 0 Å². The van der Waals surface area contributed by atoms with E-state index in [1.807, 2.05) is 18.2 Å². The molecule has 0 atom stereocenters. The van der Waals surface area contributed by atoms with Crippen molar-refractivity contribution in [1.82, 2.24) is 0 Å². The predicted molar refractivity (Wildman–Crippen MR) is 73.7 cm³/mol. The van der Waals surface area contributed by atoms with E-state index in [1.54, 1.807) is 0 Å². The van der Waals surface area contributed by atoms with Gasteiger partial charge in [0.05, 0.1) is 0 Å². The number of hydrogen-bond donors (Lipinski definition) is 0. The summed E-state index contributed by atoms with van der Waals surface area (Å²) in [5.41, 5.74) is 4.74. The van der Waals surface area contributed by atoms with E-state index < -0.39 is 0 Å². The average molecular weight is 273 g/mol. The Labute approximate surface area is 105 Å². The zero-order valence-corrected chi connectivity index (χ0v) is 10.6. The molecule has 0 radical (unpaired) electrons. The van der Waals surface area contributed by atoms with Crippen LogP contribution in [-0.2, 0) is 5.33 Å². The van der Waals surface area contributed by atoms with E-state index in [1.165, 1.54) is 16.7 Å². The third kappa shape index (κ3) is 2.25. The largest absolute Gasteiger partial charge is 0.0905 e. The summed E-state index contributed by atoms with van der Waals surface area (Å²) < 4.78 is 0. The molecule has 2 aromatic rings. The zero-order valence-electron chi connectivity index (χ0n) is 8.99. The Hall–Kier alpha value is -1.34. The highest BCUT2D eigenvalue weighted by Gasteiger charge is 2.05. The maximum absolute atomic E-state index is 4.18. The van der Waals surface area contributed by atoms with Crippen LogP contribution >= 0.6 is 15.9 Å². The van der Waals surface area contributed by atoms with E-state index in [0.717, 1.165) is 10.9 Å². The average Bonchev–Trinajstić information content (AvgIpc) is 2.39.